The van der Waals surface area contributed by atoms with Crippen molar-refractivity contribution in [2.45, 2.75) is 24.9 Å². The maximum absolute atomic E-state index is 11.8. The number of hydrogen-bond donors (Lipinski definition) is 2. The molecule has 0 radical (unpaired) electrons. The molecule has 3 N–H and O–H groups in total. The number of nitrogens with two attached hydrogens (primary N) is 1. The Hall–Kier alpha value is -1.74. The first-order chi connectivity index (χ1) is 8.08. The van der Waals surface area contributed by atoms with Gasteiger partial charge in [0.25, 0.3) is 0 Å². The molecule has 0 aliphatic carbocycles. The topological polar surface area (TPSA) is 84.7 Å². The second-order valence-corrected chi connectivity index (χ2v) is 3.92. The maximum atomic E-state index is 11.8. The molecule has 0 aromatic heterocycles. The Morgan fingerprint density at radius 1 is 1.71 bits per heavy atom. The molecule has 17 heavy (non-hydrogen) atoms. The highest BCUT2D eigenvalue weighted by molar-refractivity contribution is 5.82. The van der Waals surface area contributed by atoms with Crippen LogP contribution >= 0.6 is 0 Å². The summed E-state index contributed by atoms with van der Waals surface area (Å²) in [6.07, 6.45) is 5.54. The van der Waals surface area contributed by atoms with Gasteiger partial charge in [-0.3, -0.25) is 4.79 Å². The van der Waals surface area contributed by atoms with Gasteiger partial charge in [0.05, 0.1) is 19.2 Å². The predicted octanol–water partition coefficient (Wildman–Crippen LogP) is -0.706. The van der Waals surface area contributed by atoms with E-state index in [4.69, 9.17) is 12.2 Å². The van der Waals surface area contributed by atoms with Crippen molar-refractivity contribution in [1.29, 1.82) is 0 Å². The number of hydrogen-bond acceptors (Lipinski definition) is 4. The van der Waals surface area contributed by atoms with Gasteiger partial charge < -0.3 is 20.7 Å². The molecule has 0 spiro atoms. The standard InChI is InChI=1S/C11H17N3O3/c1-3-4-9(12)10(15)14-6-5-8(7-14)13-11(16)17-2/h1,8-9H,4-7,12H2,2H3,(H,13,16). The van der Waals surface area contributed by atoms with E-state index in [2.05, 4.69) is 16.0 Å². The fourth-order valence-electron chi connectivity index (χ4n) is 1.75. The monoisotopic (exact) mass is 239 g/mol. The first-order valence-electron chi connectivity index (χ1n) is 5.40. The fourth-order valence-corrected chi connectivity index (χ4v) is 1.75. The second kappa shape index (κ2) is 6.11. The summed E-state index contributed by atoms with van der Waals surface area (Å²) in [6, 6.07) is -0.735. The van der Waals surface area contributed by atoms with Crippen LogP contribution in [0.5, 0.6) is 0 Å². The van der Waals surface area contributed by atoms with E-state index < -0.39 is 12.1 Å². The summed E-state index contributed by atoms with van der Waals surface area (Å²) >= 11 is 0. The van der Waals surface area contributed by atoms with Gasteiger partial charge in [-0.1, -0.05) is 0 Å². The van der Waals surface area contributed by atoms with Gasteiger partial charge in [0.15, 0.2) is 0 Å². The van der Waals surface area contributed by atoms with E-state index in [1.165, 1.54) is 7.11 Å². The van der Waals surface area contributed by atoms with E-state index in [9.17, 15) is 9.59 Å². The first-order valence-corrected chi connectivity index (χ1v) is 5.40. The van der Waals surface area contributed by atoms with Crippen LogP contribution in [0.15, 0.2) is 0 Å². The van der Waals surface area contributed by atoms with Gasteiger partial charge >= 0.3 is 6.09 Å². The van der Waals surface area contributed by atoms with Crippen LogP contribution in [0.25, 0.3) is 0 Å². The van der Waals surface area contributed by atoms with Crippen molar-refractivity contribution >= 4 is 12.0 Å². The number of nitrogens with zero attached hydrogens (tertiary/aromatic N) is 1. The zero-order valence-corrected chi connectivity index (χ0v) is 9.81. The van der Waals surface area contributed by atoms with Crippen molar-refractivity contribution < 1.29 is 14.3 Å². The number of amides is 2. The summed E-state index contributed by atoms with van der Waals surface area (Å²) in [6.45, 7) is 1.03. The summed E-state index contributed by atoms with van der Waals surface area (Å²) in [7, 11) is 1.30. The third-order valence-corrected chi connectivity index (χ3v) is 2.66. The van der Waals surface area contributed by atoms with Crippen LogP contribution in [-0.2, 0) is 9.53 Å². The molecule has 1 aliphatic rings. The minimum Gasteiger partial charge on any atom is -0.453 e. The molecule has 1 rings (SSSR count). The van der Waals surface area contributed by atoms with Gasteiger partial charge in [-0.15, -0.1) is 12.3 Å². The largest absolute Gasteiger partial charge is 0.453 e. The van der Waals surface area contributed by atoms with Crippen LogP contribution in [0.2, 0.25) is 0 Å². The Balaban J connectivity index is 2.42. The normalized spacial score (nSPS) is 20.5. The van der Waals surface area contributed by atoms with E-state index in [1.807, 2.05) is 0 Å². The number of carbonyl (C=O) groups is 2. The molecule has 1 aliphatic heterocycles. The van der Waals surface area contributed by atoms with Gasteiger partial charge in [0.1, 0.15) is 0 Å². The molecule has 0 aromatic rings. The van der Waals surface area contributed by atoms with Crippen LogP contribution in [0.3, 0.4) is 0 Å². The van der Waals surface area contributed by atoms with Gasteiger partial charge in [-0.2, -0.15) is 0 Å². The molecule has 2 unspecified atom stereocenters. The lowest BCUT2D eigenvalue weighted by Crippen LogP contribution is -2.44. The molecule has 2 atom stereocenters. The minimum atomic E-state index is -0.656. The van der Waals surface area contributed by atoms with E-state index >= 15 is 0 Å². The number of likely N-dealkylation sites (tertiary alicyclic amines) is 1. The molecule has 1 fully saturated rings. The fraction of sp³-hybridized carbons (Fsp3) is 0.636. The highest BCUT2D eigenvalue weighted by Gasteiger charge is 2.29. The van der Waals surface area contributed by atoms with Crippen LogP contribution in [0.1, 0.15) is 12.8 Å². The third kappa shape index (κ3) is 3.64. The molecule has 0 bridgehead atoms. The smallest absolute Gasteiger partial charge is 0.407 e. The van der Waals surface area contributed by atoms with Gasteiger partial charge in [-0.25, -0.2) is 4.79 Å². The van der Waals surface area contributed by atoms with Crippen molar-refractivity contribution in [3.63, 3.8) is 0 Å². The molecule has 1 heterocycles. The zero-order valence-electron chi connectivity index (χ0n) is 9.81. The lowest BCUT2D eigenvalue weighted by atomic mass is 10.2. The molecule has 0 saturated carbocycles. The van der Waals surface area contributed by atoms with Crippen molar-refractivity contribution in [3.05, 3.63) is 0 Å². The summed E-state index contributed by atoms with van der Waals surface area (Å²) < 4.78 is 4.49. The zero-order chi connectivity index (χ0) is 12.8. The third-order valence-electron chi connectivity index (χ3n) is 2.66. The summed E-state index contributed by atoms with van der Waals surface area (Å²) in [5.74, 6) is 2.19. The van der Waals surface area contributed by atoms with E-state index in [1.54, 1.807) is 4.90 Å². The quantitative estimate of drug-likeness (QED) is 0.637. The van der Waals surface area contributed by atoms with Crippen molar-refractivity contribution in [2.24, 2.45) is 5.73 Å². The van der Waals surface area contributed by atoms with Gasteiger partial charge in [-0.05, 0) is 6.42 Å². The SMILES string of the molecule is C#CCC(N)C(=O)N1CCC(NC(=O)OC)C1. The lowest BCUT2D eigenvalue weighted by Gasteiger charge is -2.19. The molecular formula is C11H17N3O3. The summed E-state index contributed by atoms with van der Waals surface area (Å²) in [4.78, 5) is 24.4. The van der Waals surface area contributed by atoms with Crippen LogP contribution in [-0.4, -0.2) is 49.2 Å². The average Bonchev–Trinajstić information content (AvgIpc) is 2.76. The Morgan fingerprint density at radius 3 is 3.00 bits per heavy atom. The number of methoxy groups -OCH3 is 1. The average molecular weight is 239 g/mol. The van der Waals surface area contributed by atoms with Crippen LogP contribution in [0, 0.1) is 12.3 Å². The molecule has 6 nitrogen and oxygen atoms in total. The van der Waals surface area contributed by atoms with E-state index in [0.717, 1.165) is 0 Å². The highest BCUT2D eigenvalue weighted by atomic mass is 16.5. The maximum Gasteiger partial charge on any atom is 0.407 e. The minimum absolute atomic E-state index is 0.0792. The number of alkyl carbamates (subject to hydrolysis) is 1. The molecular weight excluding hydrogens is 222 g/mol. The van der Waals surface area contributed by atoms with Gasteiger partial charge in [0, 0.05) is 19.5 Å². The highest BCUT2D eigenvalue weighted by Crippen LogP contribution is 2.11. The number of ether oxygens (including phenoxy) is 1. The van der Waals surface area contributed by atoms with Crippen LogP contribution < -0.4 is 11.1 Å². The van der Waals surface area contributed by atoms with Crippen molar-refractivity contribution in [1.82, 2.24) is 10.2 Å². The molecule has 1 saturated heterocycles. The first kappa shape index (κ1) is 13.3. The lowest BCUT2D eigenvalue weighted by molar-refractivity contribution is -0.131. The Labute approximate surface area is 100 Å². The molecule has 2 amide bonds. The second-order valence-electron chi connectivity index (χ2n) is 3.92. The number of terminal acetylenes is 1. The van der Waals surface area contributed by atoms with E-state index in [0.29, 0.717) is 19.5 Å². The predicted molar refractivity (Wildman–Crippen MR) is 62.0 cm³/mol. The van der Waals surface area contributed by atoms with Crippen molar-refractivity contribution in [3.8, 4) is 12.3 Å². The number of rotatable bonds is 3. The Kier molecular flexibility index (Phi) is 4.79. The van der Waals surface area contributed by atoms with E-state index in [-0.39, 0.29) is 18.4 Å². The molecule has 94 valence electrons. The Morgan fingerprint density at radius 2 is 2.41 bits per heavy atom. The van der Waals surface area contributed by atoms with Crippen LogP contribution in [0.4, 0.5) is 4.79 Å². The molecule has 6 heteroatoms. The summed E-state index contributed by atoms with van der Waals surface area (Å²) in [5, 5.41) is 2.65. The number of carbonyl (C=O) groups excluding carboxylic acids is 2. The molecule has 0 aromatic carbocycles. The number of nitrogens with one attached hydrogen (secondary N) is 1. The Bertz CT molecular complexity index is 337. The summed E-state index contributed by atoms with van der Waals surface area (Å²) in [5.41, 5.74) is 5.63. The van der Waals surface area contributed by atoms with Crippen molar-refractivity contribution in [2.75, 3.05) is 20.2 Å². The van der Waals surface area contributed by atoms with Gasteiger partial charge in [0.2, 0.25) is 5.91 Å².